The third-order valence-electron chi connectivity index (χ3n) is 3.02. The Kier molecular flexibility index (Phi) is 8.04. The second-order valence-corrected chi connectivity index (χ2v) is 17.2. The topological polar surface area (TPSA) is 52.6 Å². The summed E-state index contributed by atoms with van der Waals surface area (Å²) in [6.07, 6.45) is 3.55. The van der Waals surface area contributed by atoms with Gasteiger partial charge in [-0.05, 0) is 13.8 Å². The van der Waals surface area contributed by atoms with Gasteiger partial charge < -0.3 is 9.47 Å². The zero-order valence-electron chi connectivity index (χ0n) is 15.2. The minimum atomic E-state index is -1.86. The Morgan fingerprint density at radius 3 is 1.18 bits per heavy atom. The molecule has 0 bridgehead atoms. The molecule has 0 saturated carbocycles. The molecular weight excluding hydrogens is 312 g/mol. The molecular formula is C16H30O4Si2. The Bertz CT molecular complexity index is 422. The molecule has 0 atom stereocenters. The fourth-order valence-corrected chi connectivity index (χ4v) is 4.37. The molecule has 0 radical (unpaired) electrons. The average Bonchev–Trinajstić information content (AvgIpc) is 2.31. The maximum Gasteiger partial charge on any atom is 0.329 e. The molecule has 4 nitrogen and oxygen atoms in total. The number of allylic oxidation sites excluding steroid dienone is 2. The summed E-state index contributed by atoms with van der Waals surface area (Å²) in [6, 6.07) is 0. The van der Waals surface area contributed by atoms with Crippen molar-refractivity contribution in [2.75, 3.05) is 13.2 Å². The van der Waals surface area contributed by atoms with Crippen LogP contribution in [0, 0.1) is 0 Å². The van der Waals surface area contributed by atoms with Gasteiger partial charge in [0.2, 0.25) is 0 Å². The average molecular weight is 343 g/mol. The summed E-state index contributed by atoms with van der Waals surface area (Å²) in [5.41, 5.74) is 0. The number of rotatable bonds is 7. The summed E-state index contributed by atoms with van der Waals surface area (Å²) in [4.78, 5) is 24.3. The van der Waals surface area contributed by atoms with Gasteiger partial charge in [-0.1, -0.05) is 51.4 Å². The van der Waals surface area contributed by atoms with Gasteiger partial charge in [-0.2, -0.15) is 0 Å². The monoisotopic (exact) mass is 342 g/mol. The number of carbonyl (C=O) groups is 2. The van der Waals surface area contributed by atoms with Gasteiger partial charge in [0.1, 0.15) is 0 Å². The van der Waals surface area contributed by atoms with Crippen molar-refractivity contribution in [2.45, 2.75) is 53.1 Å². The van der Waals surface area contributed by atoms with Gasteiger partial charge in [0.15, 0.2) is 0 Å². The van der Waals surface area contributed by atoms with E-state index in [-0.39, 0.29) is 11.9 Å². The van der Waals surface area contributed by atoms with E-state index in [1.165, 1.54) is 0 Å². The molecule has 6 heteroatoms. The van der Waals surface area contributed by atoms with Crippen LogP contribution in [0.4, 0.5) is 0 Å². The SMILES string of the molecule is CCOC(=O)/C(=C/C=C(/C(=O)OCC)[Si](C)(C)C)[Si](C)(C)C. The van der Waals surface area contributed by atoms with E-state index in [0.29, 0.717) is 23.6 Å². The summed E-state index contributed by atoms with van der Waals surface area (Å²) in [7, 11) is -3.72. The van der Waals surface area contributed by atoms with Crippen molar-refractivity contribution in [3.63, 3.8) is 0 Å². The van der Waals surface area contributed by atoms with Crippen LogP contribution >= 0.6 is 0 Å². The van der Waals surface area contributed by atoms with Crippen molar-refractivity contribution in [3.05, 3.63) is 22.5 Å². The highest BCUT2D eigenvalue weighted by Crippen LogP contribution is 2.20. The van der Waals surface area contributed by atoms with Gasteiger partial charge in [0.25, 0.3) is 0 Å². The van der Waals surface area contributed by atoms with E-state index in [9.17, 15) is 9.59 Å². The van der Waals surface area contributed by atoms with Crippen molar-refractivity contribution in [3.8, 4) is 0 Å². The first kappa shape index (κ1) is 20.9. The lowest BCUT2D eigenvalue weighted by Crippen LogP contribution is -2.32. The van der Waals surface area contributed by atoms with Gasteiger partial charge in [-0.15, -0.1) is 0 Å². The maximum atomic E-state index is 12.2. The third-order valence-corrected chi connectivity index (χ3v) is 7.00. The van der Waals surface area contributed by atoms with E-state index < -0.39 is 16.1 Å². The molecule has 0 aliphatic heterocycles. The number of hydrogen-bond acceptors (Lipinski definition) is 4. The lowest BCUT2D eigenvalue weighted by atomic mass is 10.4. The van der Waals surface area contributed by atoms with Crippen molar-refractivity contribution < 1.29 is 19.1 Å². The Balaban J connectivity index is 5.79. The van der Waals surface area contributed by atoms with E-state index in [2.05, 4.69) is 39.3 Å². The Morgan fingerprint density at radius 2 is 1.00 bits per heavy atom. The predicted octanol–water partition coefficient (Wildman–Crippen LogP) is 3.72. The summed E-state index contributed by atoms with van der Waals surface area (Å²) in [5, 5.41) is 1.38. The van der Waals surface area contributed by atoms with Crippen LogP contribution in [0.2, 0.25) is 39.3 Å². The molecule has 0 aromatic carbocycles. The zero-order valence-corrected chi connectivity index (χ0v) is 17.2. The Hall–Kier alpha value is -1.15. The lowest BCUT2D eigenvalue weighted by molar-refractivity contribution is -0.138. The molecule has 0 aromatic rings. The molecule has 22 heavy (non-hydrogen) atoms. The number of hydrogen-bond donors (Lipinski definition) is 0. The standard InChI is InChI=1S/C16H30O4Si2/c1-9-19-15(17)13(21(3,4)5)11-12-14(22(6,7)8)16(18)20-10-2/h11-12H,9-10H2,1-8H3/b13-11-,14-12-. The van der Waals surface area contributed by atoms with Gasteiger partial charge in [-0.25, -0.2) is 9.59 Å². The van der Waals surface area contributed by atoms with Gasteiger partial charge in [-0.3, -0.25) is 0 Å². The molecule has 0 saturated heterocycles. The van der Waals surface area contributed by atoms with Crippen LogP contribution in [0.5, 0.6) is 0 Å². The van der Waals surface area contributed by atoms with E-state index in [0.717, 1.165) is 0 Å². The number of carbonyl (C=O) groups excluding carboxylic acids is 2. The third kappa shape index (κ3) is 6.74. The smallest absolute Gasteiger partial charge is 0.329 e. The van der Waals surface area contributed by atoms with E-state index in [1.54, 1.807) is 26.0 Å². The molecule has 0 heterocycles. The highest BCUT2D eigenvalue weighted by Gasteiger charge is 2.29. The summed E-state index contributed by atoms with van der Waals surface area (Å²) in [6.45, 7) is 16.8. The van der Waals surface area contributed by atoms with Crippen LogP contribution in [0.3, 0.4) is 0 Å². The normalized spacial score (nSPS) is 13.8. The summed E-state index contributed by atoms with van der Waals surface area (Å²) < 4.78 is 10.3. The molecule has 0 amide bonds. The first-order valence-corrected chi connectivity index (χ1v) is 14.7. The van der Waals surface area contributed by atoms with Crippen LogP contribution in [0.25, 0.3) is 0 Å². The van der Waals surface area contributed by atoms with Gasteiger partial charge >= 0.3 is 11.9 Å². The largest absolute Gasteiger partial charge is 0.463 e. The van der Waals surface area contributed by atoms with Crippen LogP contribution in [0.15, 0.2) is 22.5 Å². The summed E-state index contributed by atoms with van der Waals surface area (Å²) in [5.74, 6) is -0.562. The van der Waals surface area contributed by atoms with Gasteiger partial charge in [0.05, 0.1) is 29.4 Å². The first-order chi connectivity index (χ1) is 9.95. The Morgan fingerprint density at radius 1 is 0.727 bits per heavy atom. The summed E-state index contributed by atoms with van der Waals surface area (Å²) >= 11 is 0. The van der Waals surface area contributed by atoms with Crippen molar-refractivity contribution in [1.29, 1.82) is 0 Å². The Labute approximate surface area is 136 Å². The molecule has 0 unspecified atom stereocenters. The molecule has 0 aliphatic carbocycles. The highest BCUT2D eigenvalue weighted by atomic mass is 28.3. The van der Waals surface area contributed by atoms with Crippen LogP contribution < -0.4 is 0 Å². The lowest BCUT2D eigenvalue weighted by Gasteiger charge is -2.21. The molecule has 0 N–H and O–H groups in total. The van der Waals surface area contributed by atoms with E-state index in [1.807, 2.05) is 0 Å². The van der Waals surface area contributed by atoms with Crippen molar-refractivity contribution in [1.82, 2.24) is 0 Å². The highest BCUT2D eigenvalue weighted by molar-refractivity contribution is 6.88. The number of ether oxygens (including phenoxy) is 2. The first-order valence-electron chi connectivity index (χ1n) is 7.72. The molecule has 0 aliphatic rings. The molecule has 0 fully saturated rings. The molecule has 0 rings (SSSR count). The van der Waals surface area contributed by atoms with Crippen LogP contribution in [0.1, 0.15) is 13.8 Å². The van der Waals surface area contributed by atoms with Crippen molar-refractivity contribution >= 4 is 28.1 Å². The second-order valence-electron chi connectivity index (χ2n) is 7.10. The second kappa shape index (κ2) is 8.48. The minimum absolute atomic E-state index is 0.281. The molecule has 126 valence electrons. The quantitative estimate of drug-likeness (QED) is 0.306. The molecule has 0 spiro atoms. The van der Waals surface area contributed by atoms with E-state index in [4.69, 9.17) is 9.47 Å². The van der Waals surface area contributed by atoms with Crippen LogP contribution in [-0.2, 0) is 19.1 Å². The minimum Gasteiger partial charge on any atom is -0.463 e. The van der Waals surface area contributed by atoms with Crippen molar-refractivity contribution in [2.24, 2.45) is 0 Å². The fourth-order valence-electron chi connectivity index (χ4n) is 1.83. The van der Waals surface area contributed by atoms with Gasteiger partial charge in [0, 0.05) is 10.4 Å². The molecule has 0 aromatic heterocycles. The predicted molar refractivity (Wildman–Crippen MR) is 96.1 cm³/mol. The number of esters is 2. The maximum absolute atomic E-state index is 12.2. The van der Waals surface area contributed by atoms with Crippen LogP contribution in [-0.4, -0.2) is 41.3 Å². The fraction of sp³-hybridized carbons (Fsp3) is 0.625. The van der Waals surface area contributed by atoms with E-state index >= 15 is 0 Å². The zero-order chi connectivity index (χ0) is 17.6.